The van der Waals surface area contributed by atoms with Gasteiger partial charge in [0, 0.05) is 18.2 Å². The Bertz CT molecular complexity index is 490. The van der Waals surface area contributed by atoms with E-state index in [1.165, 1.54) is 24.2 Å². The number of rotatable bonds is 4. The Kier molecular flexibility index (Phi) is 2.71. The molecule has 0 aliphatic heterocycles. The summed E-state index contributed by atoms with van der Waals surface area (Å²) in [6.07, 6.45) is 4.34. The quantitative estimate of drug-likeness (QED) is 0.910. The van der Waals surface area contributed by atoms with Crippen LogP contribution >= 0.6 is 22.9 Å². The number of nitrogens with one attached hydrogen (secondary N) is 1. The molecule has 2 aromatic rings. The Morgan fingerprint density at radius 1 is 1.50 bits per heavy atom. The van der Waals surface area contributed by atoms with E-state index in [0.717, 1.165) is 27.1 Å². The Hall–Kier alpha value is -0.840. The second kappa shape index (κ2) is 4.20. The molecule has 1 aliphatic rings. The lowest BCUT2D eigenvalue weighted by atomic mass is 10.2. The Balaban J connectivity index is 1.80. The summed E-state index contributed by atoms with van der Waals surface area (Å²) in [5.74, 6) is 0.838. The number of aromatic nitrogens is 1. The van der Waals surface area contributed by atoms with E-state index in [-0.39, 0.29) is 0 Å². The van der Waals surface area contributed by atoms with Crippen molar-refractivity contribution < 1.29 is 4.52 Å². The van der Waals surface area contributed by atoms with E-state index < -0.39 is 0 Å². The molecule has 0 aromatic carbocycles. The maximum Gasteiger partial charge on any atom is 0.181 e. The first-order valence-corrected chi connectivity index (χ1v) is 6.45. The van der Waals surface area contributed by atoms with Gasteiger partial charge in [-0.15, -0.1) is 11.3 Å². The van der Waals surface area contributed by atoms with E-state index in [1.54, 1.807) is 6.20 Å². The molecule has 1 saturated carbocycles. The Labute approximate surface area is 102 Å². The zero-order valence-electron chi connectivity index (χ0n) is 8.57. The molecule has 1 N–H and O–H groups in total. The van der Waals surface area contributed by atoms with Crippen molar-refractivity contribution in [2.75, 3.05) is 0 Å². The minimum atomic E-state index is 0.690. The van der Waals surface area contributed by atoms with Gasteiger partial charge in [-0.2, -0.15) is 0 Å². The molecule has 5 heteroatoms. The van der Waals surface area contributed by atoms with Crippen LogP contribution in [0.15, 0.2) is 22.9 Å². The van der Waals surface area contributed by atoms with Crippen molar-refractivity contribution in [3.8, 4) is 10.6 Å². The van der Waals surface area contributed by atoms with Gasteiger partial charge in [-0.1, -0.05) is 16.8 Å². The summed E-state index contributed by atoms with van der Waals surface area (Å²) in [6.45, 7) is 0.818. The predicted octanol–water partition coefficient (Wildman–Crippen LogP) is 3.31. The molecule has 1 fully saturated rings. The predicted molar refractivity (Wildman–Crippen MR) is 64.7 cm³/mol. The fourth-order valence-electron chi connectivity index (χ4n) is 1.57. The van der Waals surface area contributed by atoms with Gasteiger partial charge in [0.05, 0.1) is 15.4 Å². The van der Waals surface area contributed by atoms with Crippen molar-refractivity contribution >= 4 is 22.9 Å². The lowest BCUT2D eigenvalue weighted by Gasteiger charge is -2.00. The molecule has 0 unspecified atom stereocenters. The summed E-state index contributed by atoms with van der Waals surface area (Å²) < 4.78 is 6.05. The van der Waals surface area contributed by atoms with Crippen LogP contribution in [0.5, 0.6) is 0 Å². The normalized spacial score (nSPS) is 15.6. The molecule has 0 spiro atoms. The van der Waals surface area contributed by atoms with Crippen molar-refractivity contribution in [3.05, 3.63) is 28.2 Å². The smallest absolute Gasteiger partial charge is 0.181 e. The van der Waals surface area contributed by atoms with E-state index in [4.69, 9.17) is 16.1 Å². The summed E-state index contributed by atoms with van der Waals surface area (Å²) in [5, 5.41) is 7.30. The first-order chi connectivity index (χ1) is 7.83. The molecular formula is C11H11ClN2OS. The number of hydrogen-bond acceptors (Lipinski definition) is 4. The standard InChI is InChI=1S/C11H11ClN2OS/c12-10-4-3-9(16-10)11-7(6-14-15-11)5-13-8-1-2-8/h3-4,6,8,13H,1-2,5H2. The highest BCUT2D eigenvalue weighted by Crippen LogP contribution is 2.33. The lowest BCUT2D eigenvalue weighted by molar-refractivity contribution is 0.432. The largest absolute Gasteiger partial charge is 0.355 e. The molecule has 3 rings (SSSR count). The van der Waals surface area contributed by atoms with E-state index in [0.29, 0.717) is 6.04 Å². The maximum absolute atomic E-state index is 5.91. The fourth-order valence-corrected chi connectivity index (χ4v) is 2.62. The van der Waals surface area contributed by atoms with E-state index in [9.17, 15) is 0 Å². The van der Waals surface area contributed by atoms with Gasteiger partial charge in [0.15, 0.2) is 5.76 Å². The summed E-state index contributed by atoms with van der Waals surface area (Å²) >= 11 is 7.42. The summed E-state index contributed by atoms with van der Waals surface area (Å²) in [5.41, 5.74) is 1.10. The topological polar surface area (TPSA) is 38.1 Å². The number of hydrogen-bond donors (Lipinski definition) is 1. The molecule has 0 bridgehead atoms. The number of thiophene rings is 1. The highest BCUT2D eigenvalue weighted by atomic mass is 35.5. The summed E-state index contributed by atoms with van der Waals surface area (Å²) in [7, 11) is 0. The van der Waals surface area contributed by atoms with Gasteiger partial charge in [-0.3, -0.25) is 0 Å². The second-order valence-electron chi connectivity index (χ2n) is 3.94. The molecule has 0 saturated heterocycles. The number of halogens is 1. The van der Waals surface area contributed by atoms with Crippen LogP contribution in [0.25, 0.3) is 10.6 Å². The van der Waals surface area contributed by atoms with E-state index in [2.05, 4.69) is 10.5 Å². The maximum atomic E-state index is 5.91. The average Bonchev–Trinajstić information content (AvgIpc) is 2.82. The Morgan fingerprint density at radius 2 is 2.38 bits per heavy atom. The Morgan fingerprint density at radius 3 is 3.06 bits per heavy atom. The molecule has 2 heterocycles. The van der Waals surface area contributed by atoms with Crippen molar-refractivity contribution in [2.45, 2.75) is 25.4 Å². The molecule has 16 heavy (non-hydrogen) atoms. The van der Waals surface area contributed by atoms with Gasteiger partial charge >= 0.3 is 0 Å². The van der Waals surface area contributed by atoms with Gasteiger partial charge < -0.3 is 9.84 Å². The van der Waals surface area contributed by atoms with Gasteiger partial charge in [0.2, 0.25) is 0 Å². The summed E-state index contributed by atoms with van der Waals surface area (Å²) in [6, 6.07) is 4.53. The third-order valence-corrected chi connectivity index (χ3v) is 3.83. The van der Waals surface area contributed by atoms with Crippen LogP contribution in [-0.4, -0.2) is 11.2 Å². The van der Waals surface area contributed by atoms with Crippen LogP contribution < -0.4 is 5.32 Å². The van der Waals surface area contributed by atoms with Crippen LogP contribution in [-0.2, 0) is 6.54 Å². The highest BCUT2D eigenvalue weighted by molar-refractivity contribution is 7.19. The molecule has 1 aliphatic carbocycles. The van der Waals surface area contributed by atoms with Crippen molar-refractivity contribution in [3.63, 3.8) is 0 Å². The average molecular weight is 255 g/mol. The molecule has 0 radical (unpaired) electrons. The van der Waals surface area contributed by atoms with Crippen LogP contribution in [0.2, 0.25) is 4.34 Å². The highest BCUT2D eigenvalue weighted by Gasteiger charge is 2.21. The fraction of sp³-hybridized carbons (Fsp3) is 0.364. The third kappa shape index (κ3) is 2.14. The van der Waals surface area contributed by atoms with Gasteiger partial charge in [-0.05, 0) is 25.0 Å². The molecular weight excluding hydrogens is 244 g/mol. The minimum absolute atomic E-state index is 0.690. The second-order valence-corrected chi connectivity index (χ2v) is 5.65. The van der Waals surface area contributed by atoms with Crippen LogP contribution in [0.3, 0.4) is 0 Å². The lowest BCUT2D eigenvalue weighted by Crippen LogP contribution is -2.15. The molecule has 0 amide bonds. The minimum Gasteiger partial charge on any atom is -0.355 e. The van der Waals surface area contributed by atoms with Crippen molar-refractivity contribution in [2.24, 2.45) is 0 Å². The molecule has 2 aromatic heterocycles. The van der Waals surface area contributed by atoms with Crippen LogP contribution in [0, 0.1) is 0 Å². The molecule has 84 valence electrons. The van der Waals surface area contributed by atoms with Gasteiger partial charge in [0.1, 0.15) is 0 Å². The zero-order valence-corrected chi connectivity index (χ0v) is 10.1. The van der Waals surface area contributed by atoms with E-state index >= 15 is 0 Å². The van der Waals surface area contributed by atoms with Crippen molar-refractivity contribution in [1.82, 2.24) is 10.5 Å². The van der Waals surface area contributed by atoms with Crippen LogP contribution in [0.4, 0.5) is 0 Å². The summed E-state index contributed by atoms with van der Waals surface area (Å²) in [4.78, 5) is 1.04. The van der Waals surface area contributed by atoms with Crippen molar-refractivity contribution in [1.29, 1.82) is 0 Å². The monoisotopic (exact) mass is 254 g/mol. The van der Waals surface area contributed by atoms with Crippen LogP contribution in [0.1, 0.15) is 18.4 Å². The molecule has 3 nitrogen and oxygen atoms in total. The number of nitrogens with zero attached hydrogens (tertiary/aromatic N) is 1. The van der Waals surface area contributed by atoms with Gasteiger partial charge in [0.25, 0.3) is 0 Å². The third-order valence-electron chi connectivity index (χ3n) is 2.60. The van der Waals surface area contributed by atoms with E-state index in [1.807, 2.05) is 12.1 Å². The first kappa shape index (κ1) is 10.3. The molecule has 0 atom stereocenters. The van der Waals surface area contributed by atoms with Gasteiger partial charge in [-0.25, -0.2) is 0 Å². The zero-order chi connectivity index (χ0) is 11.0. The SMILES string of the molecule is Clc1ccc(-c2oncc2CNC2CC2)s1. The first-order valence-electron chi connectivity index (χ1n) is 5.25.